The standard InChI is InChI=1S/2C17H15P2.2C6H6O.Ti/c2*1-3-7-14(8-4-1)18-16-11-12-17(13-16)19-15-9-5-2-6-10-15;2*7-6-4-2-1-3-5-6;/h2*1-13,18-19H;2*1-5,7H;/q2*-1;;;+2. The normalized spacial score (nSPS) is 10.7. The second-order valence-electron chi connectivity index (χ2n) is 11.4. The summed E-state index contributed by atoms with van der Waals surface area (Å²) >= 11 is 0. The molecule has 0 saturated heterocycles. The van der Waals surface area contributed by atoms with E-state index in [4.69, 9.17) is 10.2 Å². The van der Waals surface area contributed by atoms with Crippen molar-refractivity contribution in [3.8, 4) is 11.5 Å². The fourth-order valence-electron chi connectivity index (χ4n) is 4.81. The second kappa shape index (κ2) is 24.4. The minimum atomic E-state index is 0. The number of para-hydroxylation sites is 2. The summed E-state index contributed by atoms with van der Waals surface area (Å²) in [6, 6.07) is 73.9. The Balaban J connectivity index is 0.000000172. The quantitative estimate of drug-likeness (QED) is 0.0928. The van der Waals surface area contributed by atoms with Gasteiger partial charge in [-0.1, -0.05) is 175 Å². The Morgan fingerprint density at radius 2 is 0.547 bits per heavy atom. The molecule has 7 heteroatoms. The van der Waals surface area contributed by atoms with Crippen LogP contribution >= 0.6 is 34.3 Å². The zero-order chi connectivity index (χ0) is 36.1. The van der Waals surface area contributed by atoms with Gasteiger partial charge in [0.15, 0.2) is 0 Å². The molecule has 0 aliphatic rings. The van der Waals surface area contributed by atoms with Crippen molar-refractivity contribution in [3.63, 3.8) is 0 Å². The fraction of sp³-hybridized carbons (Fsp3) is 0. The van der Waals surface area contributed by atoms with Crippen LogP contribution in [0.2, 0.25) is 0 Å². The maximum Gasteiger partial charge on any atom is 2.00 e. The molecule has 8 rings (SSSR count). The topological polar surface area (TPSA) is 40.5 Å². The van der Waals surface area contributed by atoms with Crippen molar-refractivity contribution in [2.75, 3.05) is 0 Å². The monoisotopic (exact) mass is 798 g/mol. The first-order valence-corrected chi connectivity index (χ1v) is 20.9. The molecule has 2 N–H and O–H groups in total. The molecule has 0 aromatic heterocycles. The smallest absolute Gasteiger partial charge is 0.508 e. The number of phenolic OH excluding ortho intramolecular Hbond substituents is 2. The van der Waals surface area contributed by atoms with Crippen molar-refractivity contribution in [2.24, 2.45) is 0 Å². The number of phenols is 2. The van der Waals surface area contributed by atoms with Gasteiger partial charge < -0.3 is 10.2 Å². The van der Waals surface area contributed by atoms with E-state index >= 15 is 0 Å². The van der Waals surface area contributed by atoms with E-state index < -0.39 is 0 Å². The molecule has 2 nitrogen and oxygen atoms in total. The second-order valence-corrected chi connectivity index (χ2v) is 17.0. The molecule has 0 aliphatic carbocycles. The van der Waals surface area contributed by atoms with Crippen LogP contribution in [0.25, 0.3) is 0 Å². The van der Waals surface area contributed by atoms with Gasteiger partial charge in [-0.3, -0.25) is 0 Å². The van der Waals surface area contributed by atoms with Crippen LogP contribution in [0.4, 0.5) is 0 Å². The molecule has 0 radical (unpaired) electrons. The van der Waals surface area contributed by atoms with Crippen molar-refractivity contribution in [1.29, 1.82) is 0 Å². The fourth-order valence-corrected chi connectivity index (χ4v) is 9.44. The van der Waals surface area contributed by atoms with Crippen molar-refractivity contribution >= 4 is 76.8 Å². The molecule has 4 unspecified atom stereocenters. The molecular weight excluding hydrogens is 756 g/mol. The third-order valence-electron chi connectivity index (χ3n) is 7.27. The molecule has 0 bridgehead atoms. The molecular formula is C46H42O2P4Ti. The van der Waals surface area contributed by atoms with Crippen molar-refractivity contribution in [2.45, 2.75) is 0 Å². The molecule has 0 aliphatic heterocycles. The van der Waals surface area contributed by atoms with E-state index in [1.807, 2.05) is 12.1 Å². The summed E-state index contributed by atoms with van der Waals surface area (Å²) in [5.41, 5.74) is 0. The molecule has 4 atom stereocenters. The van der Waals surface area contributed by atoms with Gasteiger partial charge in [0.25, 0.3) is 0 Å². The van der Waals surface area contributed by atoms with E-state index in [1.165, 1.54) is 42.4 Å². The zero-order valence-electron chi connectivity index (χ0n) is 29.2. The van der Waals surface area contributed by atoms with E-state index in [1.54, 1.807) is 48.5 Å². The summed E-state index contributed by atoms with van der Waals surface area (Å²) in [4.78, 5) is 0. The summed E-state index contributed by atoms with van der Waals surface area (Å²) in [6.07, 6.45) is 0. The predicted molar refractivity (Wildman–Crippen MR) is 236 cm³/mol. The van der Waals surface area contributed by atoms with Crippen LogP contribution in [-0.2, 0) is 21.7 Å². The van der Waals surface area contributed by atoms with Gasteiger partial charge in [0.05, 0.1) is 0 Å². The summed E-state index contributed by atoms with van der Waals surface area (Å²) in [5.74, 6) is 0.644. The number of aromatic hydroxyl groups is 2. The summed E-state index contributed by atoms with van der Waals surface area (Å²) in [7, 11) is 3.05. The zero-order valence-corrected chi connectivity index (χ0v) is 34.7. The van der Waals surface area contributed by atoms with E-state index in [0.29, 0.717) is 11.5 Å². The number of hydrogen-bond acceptors (Lipinski definition) is 2. The van der Waals surface area contributed by atoms with Crippen molar-refractivity contribution in [1.82, 2.24) is 0 Å². The molecule has 0 spiro atoms. The Bertz CT molecular complexity index is 1820. The molecule has 0 saturated carbocycles. The Hall–Kier alpha value is -3.95. The van der Waals surface area contributed by atoms with E-state index in [9.17, 15) is 0 Å². The van der Waals surface area contributed by atoms with Gasteiger partial charge in [-0.25, -0.2) is 0 Å². The number of rotatable bonds is 8. The Morgan fingerprint density at radius 1 is 0.302 bits per heavy atom. The van der Waals surface area contributed by atoms with Gasteiger partial charge in [-0.05, 0) is 45.5 Å². The summed E-state index contributed by atoms with van der Waals surface area (Å²) in [6.45, 7) is 0. The predicted octanol–water partition coefficient (Wildman–Crippen LogP) is 8.11. The molecule has 0 amide bonds. The SMILES string of the molecule is Oc1ccccc1.Oc1ccccc1.[Ti+2].c1ccc(Pc2c[cH-]c(Pc3ccccc3)c2)cc1.c1ccc(Pc2c[cH-]c(Pc3ccccc3)c2)cc1. The third kappa shape index (κ3) is 16.7. The van der Waals surface area contributed by atoms with Crippen LogP contribution in [0.15, 0.2) is 218 Å². The van der Waals surface area contributed by atoms with Gasteiger partial charge >= 0.3 is 21.7 Å². The maximum absolute atomic E-state index is 8.63. The molecule has 8 aromatic rings. The number of hydrogen-bond donors (Lipinski definition) is 2. The average Bonchev–Trinajstić information content (AvgIpc) is 3.83. The van der Waals surface area contributed by atoms with E-state index in [0.717, 1.165) is 34.3 Å². The average molecular weight is 799 g/mol. The first-order valence-electron chi connectivity index (χ1n) is 16.9. The Morgan fingerprint density at radius 3 is 0.792 bits per heavy atom. The van der Waals surface area contributed by atoms with Gasteiger partial charge in [-0.15, -0.1) is 27.8 Å². The van der Waals surface area contributed by atoms with Gasteiger partial charge in [0, 0.05) is 0 Å². The molecule has 8 aromatic carbocycles. The minimum absolute atomic E-state index is 0. The van der Waals surface area contributed by atoms with Crippen LogP contribution in [-0.4, -0.2) is 10.2 Å². The van der Waals surface area contributed by atoms with Crippen molar-refractivity contribution < 1.29 is 31.9 Å². The van der Waals surface area contributed by atoms with Crippen LogP contribution in [0.1, 0.15) is 0 Å². The number of benzene rings is 6. The molecule has 0 fully saturated rings. The minimum Gasteiger partial charge on any atom is -0.508 e. The molecule has 0 heterocycles. The Labute approximate surface area is 336 Å². The van der Waals surface area contributed by atoms with Crippen LogP contribution in [0.5, 0.6) is 11.5 Å². The van der Waals surface area contributed by atoms with Gasteiger partial charge in [0.2, 0.25) is 0 Å². The summed E-state index contributed by atoms with van der Waals surface area (Å²) < 4.78 is 0. The van der Waals surface area contributed by atoms with Gasteiger partial charge in [0.1, 0.15) is 11.5 Å². The third-order valence-corrected chi connectivity index (χ3v) is 12.2. The van der Waals surface area contributed by atoms with Crippen LogP contribution in [0, 0.1) is 0 Å². The Kier molecular flexibility index (Phi) is 19.2. The molecule has 262 valence electrons. The maximum atomic E-state index is 8.63. The van der Waals surface area contributed by atoms with Crippen molar-refractivity contribution in [3.05, 3.63) is 218 Å². The first kappa shape index (κ1) is 41.8. The van der Waals surface area contributed by atoms with Crippen LogP contribution < -0.4 is 42.4 Å². The van der Waals surface area contributed by atoms with Gasteiger partial charge in [-0.2, -0.15) is 47.0 Å². The van der Waals surface area contributed by atoms with E-state index in [2.05, 4.69) is 158 Å². The molecule has 53 heavy (non-hydrogen) atoms. The first-order chi connectivity index (χ1) is 25.6. The van der Waals surface area contributed by atoms with E-state index in [-0.39, 0.29) is 21.7 Å². The largest absolute Gasteiger partial charge is 2.00 e. The van der Waals surface area contributed by atoms with Crippen LogP contribution in [0.3, 0.4) is 0 Å². The summed E-state index contributed by atoms with van der Waals surface area (Å²) in [5, 5.41) is 28.6.